The molecule has 1 aliphatic heterocycles. The molecule has 4 heteroatoms. The standard InChI is InChI=1S/C26H34N2O2/c29-26(20-30-25-15-11-23(12-16-25)22-7-3-1-4-8-22)27-24-13-9-21(10-14-24)19-28-17-5-2-6-18-28/h9-16,22H,1-8,17-20H2,(H,27,29). The molecule has 1 aliphatic carbocycles. The zero-order chi connectivity index (χ0) is 20.6. The highest BCUT2D eigenvalue weighted by Crippen LogP contribution is 2.33. The van der Waals surface area contributed by atoms with E-state index in [0.29, 0.717) is 5.92 Å². The summed E-state index contributed by atoms with van der Waals surface area (Å²) in [6.07, 6.45) is 10.6. The van der Waals surface area contributed by atoms with Crippen molar-refractivity contribution >= 4 is 11.6 Å². The summed E-state index contributed by atoms with van der Waals surface area (Å²) in [7, 11) is 0. The van der Waals surface area contributed by atoms with Gasteiger partial charge in [0.15, 0.2) is 6.61 Å². The molecule has 4 nitrogen and oxygen atoms in total. The average Bonchev–Trinajstić information content (AvgIpc) is 2.81. The molecular weight excluding hydrogens is 372 g/mol. The number of piperidine rings is 1. The van der Waals surface area contributed by atoms with Crippen LogP contribution in [0.3, 0.4) is 0 Å². The molecule has 30 heavy (non-hydrogen) atoms. The Kier molecular flexibility index (Phi) is 7.41. The van der Waals surface area contributed by atoms with E-state index in [1.54, 1.807) is 0 Å². The Labute approximate surface area is 180 Å². The normalized spacial score (nSPS) is 18.1. The summed E-state index contributed by atoms with van der Waals surface area (Å²) in [6.45, 7) is 3.40. The van der Waals surface area contributed by atoms with Crippen molar-refractivity contribution in [2.75, 3.05) is 25.0 Å². The number of rotatable bonds is 7. The molecule has 0 aromatic heterocycles. The SMILES string of the molecule is O=C(COc1ccc(C2CCCCC2)cc1)Nc1ccc(CN2CCCCC2)cc1. The second-order valence-corrected chi connectivity index (χ2v) is 8.77. The Hall–Kier alpha value is -2.33. The highest BCUT2D eigenvalue weighted by Gasteiger charge is 2.15. The molecular formula is C26H34N2O2. The molecule has 2 aromatic carbocycles. The Morgan fingerprint density at radius 1 is 0.867 bits per heavy atom. The number of hydrogen-bond acceptors (Lipinski definition) is 3. The highest BCUT2D eigenvalue weighted by atomic mass is 16.5. The second kappa shape index (κ2) is 10.6. The van der Waals surface area contributed by atoms with Crippen LogP contribution in [0.15, 0.2) is 48.5 Å². The Bertz CT molecular complexity index is 789. The maximum absolute atomic E-state index is 12.3. The first-order valence-electron chi connectivity index (χ1n) is 11.6. The number of likely N-dealkylation sites (tertiary alicyclic amines) is 1. The molecule has 1 heterocycles. The molecule has 4 rings (SSSR count). The quantitative estimate of drug-likeness (QED) is 0.638. The van der Waals surface area contributed by atoms with Crippen molar-refractivity contribution < 1.29 is 9.53 Å². The van der Waals surface area contributed by atoms with Crippen molar-refractivity contribution in [1.82, 2.24) is 4.90 Å². The van der Waals surface area contributed by atoms with Crippen molar-refractivity contribution in [3.8, 4) is 5.75 Å². The van der Waals surface area contributed by atoms with Crippen LogP contribution in [0, 0.1) is 0 Å². The van der Waals surface area contributed by atoms with Gasteiger partial charge in [-0.1, -0.05) is 49.9 Å². The lowest BCUT2D eigenvalue weighted by atomic mass is 9.84. The largest absolute Gasteiger partial charge is 0.484 e. The van der Waals surface area contributed by atoms with Gasteiger partial charge in [0.05, 0.1) is 0 Å². The number of carbonyl (C=O) groups excluding carboxylic acids is 1. The molecule has 0 bridgehead atoms. The smallest absolute Gasteiger partial charge is 0.262 e. The van der Waals surface area contributed by atoms with Gasteiger partial charge in [-0.2, -0.15) is 0 Å². The fourth-order valence-electron chi connectivity index (χ4n) is 4.69. The summed E-state index contributed by atoms with van der Waals surface area (Å²) in [5.41, 5.74) is 3.51. The van der Waals surface area contributed by atoms with Crippen LogP contribution in [0.1, 0.15) is 68.4 Å². The molecule has 1 amide bonds. The molecule has 0 spiro atoms. The number of hydrogen-bond donors (Lipinski definition) is 1. The summed E-state index contributed by atoms with van der Waals surface area (Å²) in [6, 6.07) is 16.5. The molecule has 1 N–H and O–H groups in total. The first kappa shape index (κ1) is 20.9. The van der Waals surface area contributed by atoms with Crippen LogP contribution in [0.4, 0.5) is 5.69 Å². The van der Waals surface area contributed by atoms with E-state index < -0.39 is 0 Å². The molecule has 0 unspecified atom stereocenters. The van der Waals surface area contributed by atoms with Crippen molar-refractivity contribution in [1.29, 1.82) is 0 Å². The van der Waals surface area contributed by atoms with Gasteiger partial charge in [0.1, 0.15) is 5.75 Å². The third-order valence-electron chi connectivity index (χ3n) is 6.42. The predicted octanol–water partition coefficient (Wildman–Crippen LogP) is 5.74. The van der Waals surface area contributed by atoms with Gasteiger partial charge in [-0.15, -0.1) is 0 Å². The van der Waals surface area contributed by atoms with Crippen LogP contribution in [-0.2, 0) is 11.3 Å². The number of nitrogens with zero attached hydrogens (tertiary/aromatic N) is 1. The summed E-state index contributed by atoms with van der Waals surface area (Å²) in [5.74, 6) is 1.31. The first-order chi connectivity index (χ1) is 14.8. The molecule has 2 aromatic rings. The van der Waals surface area contributed by atoms with Gasteiger partial charge in [0, 0.05) is 12.2 Å². The van der Waals surface area contributed by atoms with E-state index in [1.807, 2.05) is 24.3 Å². The molecule has 1 saturated heterocycles. The van der Waals surface area contributed by atoms with Crippen LogP contribution < -0.4 is 10.1 Å². The van der Waals surface area contributed by atoms with Gasteiger partial charge < -0.3 is 10.1 Å². The van der Waals surface area contributed by atoms with Crippen LogP contribution >= 0.6 is 0 Å². The first-order valence-corrected chi connectivity index (χ1v) is 11.6. The van der Waals surface area contributed by atoms with Gasteiger partial charge in [0.2, 0.25) is 0 Å². The maximum atomic E-state index is 12.3. The van der Waals surface area contributed by atoms with Crippen molar-refractivity contribution in [3.63, 3.8) is 0 Å². The number of anilines is 1. The molecule has 0 atom stereocenters. The fourth-order valence-corrected chi connectivity index (χ4v) is 4.69. The number of carbonyl (C=O) groups is 1. The summed E-state index contributed by atoms with van der Waals surface area (Å²) in [5, 5.41) is 2.93. The minimum Gasteiger partial charge on any atom is -0.484 e. The second-order valence-electron chi connectivity index (χ2n) is 8.77. The number of nitrogens with one attached hydrogen (secondary N) is 1. The third kappa shape index (κ3) is 6.09. The van der Waals surface area contributed by atoms with Crippen LogP contribution in [0.5, 0.6) is 5.75 Å². The number of benzene rings is 2. The van der Waals surface area contributed by atoms with Gasteiger partial charge in [-0.3, -0.25) is 9.69 Å². The Morgan fingerprint density at radius 2 is 1.53 bits per heavy atom. The van der Waals surface area contributed by atoms with E-state index in [1.165, 1.54) is 75.6 Å². The minimum atomic E-state index is -0.130. The molecule has 2 fully saturated rings. The summed E-state index contributed by atoms with van der Waals surface area (Å²) < 4.78 is 5.69. The lowest BCUT2D eigenvalue weighted by Gasteiger charge is -2.26. The van der Waals surface area contributed by atoms with Gasteiger partial charge >= 0.3 is 0 Å². The third-order valence-corrected chi connectivity index (χ3v) is 6.42. The Balaban J connectivity index is 1.21. The molecule has 160 valence electrons. The number of ether oxygens (including phenoxy) is 1. The molecule has 2 aliphatic rings. The zero-order valence-electron chi connectivity index (χ0n) is 17.9. The minimum absolute atomic E-state index is 0.0261. The highest BCUT2D eigenvalue weighted by molar-refractivity contribution is 5.91. The molecule has 1 saturated carbocycles. The zero-order valence-corrected chi connectivity index (χ0v) is 17.9. The van der Waals surface area contributed by atoms with E-state index >= 15 is 0 Å². The Morgan fingerprint density at radius 3 is 2.23 bits per heavy atom. The van der Waals surface area contributed by atoms with Crippen LogP contribution in [0.2, 0.25) is 0 Å². The summed E-state index contributed by atoms with van der Waals surface area (Å²) in [4.78, 5) is 14.8. The van der Waals surface area contributed by atoms with Crippen LogP contribution in [0.25, 0.3) is 0 Å². The van der Waals surface area contributed by atoms with Gasteiger partial charge in [-0.25, -0.2) is 0 Å². The molecule has 0 radical (unpaired) electrons. The van der Waals surface area contributed by atoms with Gasteiger partial charge in [-0.05, 0) is 80.1 Å². The van der Waals surface area contributed by atoms with E-state index in [-0.39, 0.29) is 12.5 Å². The van der Waals surface area contributed by atoms with E-state index in [9.17, 15) is 4.79 Å². The lowest BCUT2D eigenvalue weighted by molar-refractivity contribution is -0.118. The lowest BCUT2D eigenvalue weighted by Crippen LogP contribution is -2.29. The van der Waals surface area contributed by atoms with E-state index in [4.69, 9.17) is 4.74 Å². The monoisotopic (exact) mass is 406 g/mol. The van der Waals surface area contributed by atoms with E-state index in [0.717, 1.165) is 18.0 Å². The summed E-state index contributed by atoms with van der Waals surface area (Å²) >= 11 is 0. The average molecular weight is 407 g/mol. The van der Waals surface area contributed by atoms with Crippen LogP contribution in [-0.4, -0.2) is 30.5 Å². The topological polar surface area (TPSA) is 41.6 Å². The predicted molar refractivity (Wildman–Crippen MR) is 122 cm³/mol. The van der Waals surface area contributed by atoms with Crippen molar-refractivity contribution in [2.24, 2.45) is 0 Å². The van der Waals surface area contributed by atoms with Crippen molar-refractivity contribution in [2.45, 2.75) is 63.8 Å². The van der Waals surface area contributed by atoms with Crippen molar-refractivity contribution in [3.05, 3.63) is 59.7 Å². The fraction of sp³-hybridized carbons (Fsp3) is 0.500. The van der Waals surface area contributed by atoms with Gasteiger partial charge in [0.25, 0.3) is 5.91 Å². The number of amides is 1. The maximum Gasteiger partial charge on any atom is 0.262 e. The van der Waals surface area contributed by atoms with E-state index in [2.05, 4.69) is 34.5 Å².